The summed E-state index contributed by atoms with van der Waals surface area (Å²) in [6.07, 6.45) is 10.5. The zero-order valence-electron chi connectivity index (χ0n) is 14.5. The highest BCUT2D eigenvalue weighted by molar-refractivity contribution is 5.62. The van der Waals surface area contributed by atoms with Gasteiger partial charge in [-0.25, -0.2) is 5.43 Å². The van der Waals surface area contributed by atoms with Crippen LogP contribution in [0, 0.1) is 0 Å². The van der Waals surface area contributed by atoms with E-state index in [1.54, 1.807) is 0 Å². The zero-order valence-corrected chi connectivity index (χ0v) is 14.5. The summed E-state index contributed by atoms with van der Waals surface area (Å²) in [7, 11) is 6.23. The molecule has 1 aromatic rings. The average Bonchev–Trinajstić information content (AvgIpc) is 2.56. The van der Waals surface area contributed by atoms with Crippen LogP contribution in [0.15, 0.2) is 54.8 Å². The van der Waals surface area contributed by atoms with Crippen molar-refractivity contribution in [2.45, 2.75) is 12.8 Å². The Hall–Kier alpha value is -2.04. The van der Waals surface area contributed by atoms with Crippen molar-refractivity contribution in [2.24, 2.45) is 0 Å². The minimum absolute atomic E-state index is 0.730. The topological polar surface area (TPSA) is 35.1 Å². The van der Waals surface area contributed by atoms with Crippen molar-refractivity contribution in [3.8, 4) is 0 Å². The number of hydrogen-bond donors (Lipinski definition) is 2. The molecule has 1 aromatic carbocycles. The molecule has 0 saturated heterocycles. The lowest BCUT2D eigenvalue weighted by Gasteiger charge is -2.29. The molecular formula is C19H29N4+. The quantitative estimate of drug-likeness (QED) is 0.595. The molecule has 1 aliphatic heterocycles. The SMILES string of the molecule is C=C(/C=C\C=C/[NH2+]C)CNN(C)c1ccc2c(c1)CCCN2C. The molecule has 4 heteroatoms. The van der Waals surface area contributed by atoms with Crippen molar-refractivity contribution >= 4 is 11.4 Å². The van der Waals surface area contributed by atoms with E-state index >= 15 is 0 Å². The zero-order chi connectivity index (χ0) is 16.7. The largest absolute Gasteiger partial charge is 0.374 e. The molecule has 23 heavy (non-hydrogen) atoms. The Kier molecular flexibility index (Phi) is 6.44. The molecule has 0 unspecified atom stereocenters. The predicted octanol–water partition coefficient (Wildman–Crippen LogP) is 1.83. The summed E-state index contributed by atoms with van der Waals surface area (Å²) in [4.78, 5) is 2.34. The normalized spacial score (nSPS) is 14.5. The van der Waals surface area contributed by atoms with Gasteiger partial charge in [0.2, 0.25) is 0 Å². The molecule has 0 amide bonds. The Morgan fingerprint density at radius 3 is 3.04 bits per heavy atom. The molecule has 4 nitrogen and oxygen atoms in total. The molecule has 0 atom stereocenters. The second kappa shape index (κ2) is 8.56. The van der Waals surface area contributed by atoms with Gasteiger partial charge in [-0.2, -0.15) is 0 Å². The average molecular weight is 313 g/mol. The Morgan fingerprint density at radius 2 is 2.26 bits per heavy atom. The van der Waals surface area contributed by atoms with Gasteiger partial charge < -0.3 is 15.2 Å². The molecule has 1 heterocycles. The monoisotopic (exact) mass is 313 g/mol. The van der Waals surface area contributed by atoms with Crippen LogP contribution in [0.25, 0.3) is 0 Å². The number of hydrogen-bond acceptors (Lipinski definition) is 3. The first kappa shape index (κ1) is 17.3. The van der Waals surface area contributed by atoms with Gasteiger partial charge >= 0.3 is 0 Å². The van der Waals surface area contributed by atoms with Gasteiger partial charge in [-0.05, 0) is 48.3 Å². The summed E-state index contributed by atoms with van der Waals surface area (Å²) in [5.41, 5.74) is 8.43. The van der Waals surface area contributed by atoms with Crippen molar-refractivity contribution in [1.29, 1.82) is 0 Å². The molecule has 0 saturated carbocycles. The third kappa shape index (κ3) is 4.98. The van der Waals surface area contributed by atoms with Gasteiger partial charge in [0.05, 0.1) is 18.9 Å². The highest BCUT2D eigenvalue weighted by Gasteiger charge is 2.14. The maximum Gasteiger partial charge on any atom is 0.0923 e. The third-order valence-corrected chi connectivity index (χ3v) is 4.09. The molecule has 1 aliphatic rings. The van der Waals surface area contributed by atoms with Gasteiger partial charge in [0.25, 0.3) is 0 Å². The first-order chi connectivity index (χ1) is 11.1. The number of nitrogens with one attached hydrogen (secondary N) is 1. The lowest BCUT2D eigenvalue weighted by molar-refractivity contribution is -0.556. The fourth-order valence-electron chi connectivity index (χ4n) is 2.72. The minimum atomic E-state index is 0.730. The van der Waals surface area contributed by atoms with E-state index in [-0.39, 0.29) is 0 Å². The standard InChI is InChI=1S/C19H28N4/c1-16(8-5-6-12-20-2)15-21-23(4)18-10-11-19-17(14-18)9-7-13-22(19)3/h5-6,8,10-12,14,20-21H,1,7,9,13,15H2,2-4H3/p+1/b8-5-,12-6-. The summed E-state index contributed by atoms with van der Waals surface area (Å²) < 4.78 is 0. The number of aryl methyl sites for hydroxylation is 1. The summed E-state index contributed by atoms with van der Waals surface area (Å²) in [5.74, 6) is 0. The Balaban J connectivity index is 1.91. The fourth-order valence-corrected chi connectivity index (χ4v) is 2.72. The highest BCUT2D eigenvalue weighted by Crippen LogP contribution is 2.29. The molecule has 0 fully saturated rings. The van der Waals surface area contributed by atoms with Gasteiger partial charge in [0.1, 0.15) is 0 Å². The van der Waals surface area contributed by atoms with Crippen molar-refractivity contribution in [1.82, 2.24) is 5.43 Å². The smallest absolute Gasteiger partial charge is 0.0923 e. The van der Waals surface area contributed by atoms with Crippen LogP contribution in [0.1, 0.15) is 12.0 Å². The van der Waals surface area contributed by atoms with Gasteiger partial charge in [-0.1, -0.05) is 18.7 Å². The Morgan fingerprint density at radius 1 is 1.43 bits per heavy atom. The van der Waals surface area contributed by atoms with Crippen LogP contribution in [0.2, 0.25) is 0 Å². The lowest BCUT2D eigenvalue weighted by Crippen LogP contribution is -2.72. The number of hydrazine groups is 1. The maximum atomic E-state index is 4.07. The first-order valence-corrected chi connectivity index (χ1v) is 8.23. The third-order valence-electron chi connectivity index (χ3n) is 4.09. The number of rotatable bonds is 7. The molecule has 0 bridgehead atoms. The van der Waals surface area contributed by atoms with Gasteiger partial charge in [0.15, 0.2) is 0 Å². The van der Waals surface area contributed by atoms with Gasteiger partial charge in [-0.3, -0.25) is 0 Å². The van der Waals surface area contributed by atoms with Crippen LogP contribution in [-0.2, 0) is 6.42 Å². The summed E-state index contributed by atoms with van der Waals surface area (Å²) in [6, 6.07) is 6.69. The molecule has 3 N–H and O–H groups in total. The van der Waals surface area contributed by atoms with Crippen LogP contribution in [0.5, 0.6) is 0 Å². The Bertz CT molecular complexity index is 589. The minimum Gasteiger partial charge on any atom is -0.374 e. The van der Waals surface area contributed by atoms with Crippen molar-refractivity contribution in [3.05, 3.63) is 60.3 Å². The van der Waals surface area contributed by atoms with E-state index in [1.807, 2.05) is 36.8 Å². The van der Waals surface area contributed by atoms with Gasteiger partial charge in [-0.15, -0.1) is 0 Å². The van der Waals surface area contributed by atoms with E-state index in [2.05, 4.69) is 54.2 Å². The van der Waals surface area contributed by atoms with Crippen LogP contribution in [-0.4, -0.2) is 34.2 Å². The molecule has 0 spiro atoms. The molecule has 0 aromatic heterocycles. The van der Waals surface area contributed by atoms with E-state index in [0.717, 1.165) is 25.1 Å². The van der Waals surface area contributed by atoms with Crippen LogP contribution in [0.3, 0.4) is 0 Å². The van der Waals surface area contributed by atoms with Crippen molar-refractivity contribution in [3.63, 3.8) is 0 Å². The molecular weight excluding hydrogens is 284 g/mol. The number of nitrogens with zero attached hydrogens (tertiary/aromatic N) is 2. The van der Waals surface area contributed by atoms with E-state index in [9.17, 15) is 0 Å². The summed E-state index contributed by atoms with van der Waals surface area (Å²) in [5, 5.41) is 4.08. The highest BCUT2D eigenvalue weighted by atomic mass is 15.5. The molecule has 0 radical (unpaired) electrons. The predicted molar refractivity (Wildman–Crippen MR) is 99.7 cm³/mol. The van der Waals surface area contributed by atoms with Crippen LogP contribution in [0.4, 0.5) is 11.4 Å². The second-order valence-corrected chi connectivity index (χ2v) is 5.97. The number of fused-ring (bicyclic) bond motifs is 1. The van der Waals surface area contributed by atoms with E-state index in [0.29, 0.717) is 0 Å². The van der Waals surface area contributed by atoms with E-state index in [4.69, 9.17) is 0 Å². The second-order valence-electron chi connectivity index (χ2n) is 5.97. The molecule has 124 valence electrons. The lowest BCUT2D eigenvalue weighted by atomic mass is 10.0. The number of allylic oxidation sites excluding steroid dienone is 2. The molecule has 2 rings (SSSR count). The number of anilines is 2. The first-order valence-electron chi connectivity index (χ1n) is 8.23. The number of nitrogens with two attached hydrogens (primary N) is 1. The fraction of sp³-hybridized carbons (Fsp3) is 0.368. The van der Waals surface area contributed by atoms with Gasteiger partial charge in [0, 0.05) is 32.9 Å². The Labute approximate surface area is 140 Å². The van der Waals surface area contributed by atoms with Crippen molar-refractivity contribution < 1.29 is 5.32 Å². The molecule has 0 aliphatic carbocycles. The maximum absolute atomic E-state index is 4.07. The van der Waals surface area contributed by atoms with E-state index in [1.165, 1.54) is 23.4 Å². The summed E-state index contributed by atoms with van der Waals surface area (Å²) in [6.45, 7) is 5.95. The summed E-state index contributed by atoms with van der Waals surface area (Å²) >= 11 is 0. The number of benzene rings is 1. The van der Waals surface area contributed by atoms with E-state index < -0.39 is 0 Å². The van der Waals surface area contributed by atoms with Crippen LogP contribution >= 0.6 is 0 Å². The number of quaternary nitrogens is 1. The van der Waals surface area contributed by atoms with Crippen LogP contribution < -0.4 is 20.7 Å². The van der Waals surface area contributed by atoms with Crippen molar-refractivity contribution in [2.75, 3.05) is 44.1 Å².